The summed E-state index contributed by atoms with van der Waals surface area (Å²) in [5, 5.41) is 8.50. The third-order valence-electron chi connectivity index (χ3n) is 3.16. The molecule has 0 unspecified atom stereocenters. The molecule has 19 heavy (non-hydrogen) atoms. The topological polar surface area (TPSA) is 55.9 Å². The van der Waals surface area contributed by atoms with Gasteiger partial charge in [0.15, 0.2) is 5.82 Å². The first-order chi connectivity index (χ1) is 9.38. The van der Waals surface area contributed by atoms with Gasteiger partial charge in [-0.25, -0.2) is 0 Å². The maximum absolute atomic E-state index is 4.78. The summed E-state index contributed by atoms with van der Waals surface area (Å²) in [6, 6.07) is 8.38. The molecular formula is C14H16N4O. The molecule has 0 aliphatic carbocycles. The van der Waals surface area contributed by atoms with Gasteiger partial charge in [-0.2, -0.15) is 4.98 Å². The van der Waals surface area contributed by atoms with E-state index < -0.39 is 0 Å². The Kier molecular flexibility index (Phi) is 3.29. The zero-order valence-electron chi connectivity index (χ0n) is 10.8. The first-order valence-corrected chi connectivity index (χ1v) is 6.41. The molecular weight excluding hydrogens is 240 g/mol. The van der Waals surface area contributed by atoms with E-state index in [2.05, 4.69) is 51.3 Å². The second-order valence-corrected chi connectivity index (χ2v) is 4.43. The van der Waals surface area contributed by atoms with E-state index in [1.165, 1.54) is 22.9 Å². The number of hydrogen-bond donors (Lipinski definition) is 1. The van der Waals surface area contributed by atoms with E-state index in [9.17, 15) is 0 Å². The average Bonchev–Trinajstić information content (AvgIpc) is 3.06. The van der Waals surface area contributed by atoms with Crippen molar-refractivity contribution < 1.29 is 4.52 Å². The molecule has 5 nitrogen and oxygen atoms in total. The largest absolute Gasteiger partial charge is 0.343 e. The molecule has 0 amide bonds. The highest BCUT2D eigenvalue weighted by Crippen LogP contribution is 2.21. The fraction of sp³-hybridized carbons (Fsp3) is 0.286. The number of rotatable bonds is 5. The maximum atomic E-state index is 4.78. The van der Waals surface area contributed by atoms with Crippen molar-refractivity contribution in [3.63, 3.8) is 0 Å². The van der Waals surface area contributed by atoms with E-state index in [1.54, 1.807) is 0 Å². The summed E-state index contributed by atoms with van der Waals surface area (Å²) in [6.45, 7) is 4.57. The Bertz CT molecular complexity index is 657. The maximum Gasteiger partial charge on any atom is 0.213 e. The zero-order chi connectivity index (χ0) is 13.1. The van der Waals surface area contributed by atoms with Gasteiger partial charge in [0.05, 0.1) is 6.54 Å². The molecule has 2 heterocycles. The van der Waals surface area contributed by atoms with E-state index in [0.29, 0.717) is 12.4 Å². The molecule has 5 heteroatoms. The fourth-order valence-electron chi connectivity index (χ4n) is 2.27. The first kappa shape index (κ1) is 11.9. The second kappa shape index (κ2) is 5.24. The summed E-state index contributed by atoms with van der Waals surface area (Å²) in [5.74, 6) is 0.691. The Balaban J connectivity index is 1.99. The molecule has 3 aromatic rings. The van der Waals surface area contributed by atoms with Crippen molar-refractivity contribution in [3.8, 4) is 0 Å². The Morgan fingerprint density at radius 1 is 1.32 bits per heavy atom. The monoisotopic (exact) mass is 256 g/mol. The molecule has 0 bridgehead atoms. The molecule has 3 rings (SSSR count). The van der Waals surface area contributed by atoms with Crippen LogP contribution in [0.25, 0.3) is 10.9 Å². The molecule has 1 N–H and O–H groups in total. The molecule has 0 aliphatic heterocycles. The lowest BCUT2D eigenvalue weighted by Gasteiger charge is -2.00. The first-order valence-electron chi connectivity index (χ1n) is 6.41. The second-order valence-electron chi connectivity index (χ2n) is 4.43. The quantitative estimate of drug-likeness (QED) is 0.760. The summed E-state index contributed by atoms with van der Waals surface area (Å²) in [6.07, 6.45) is 3.52. The van der Waals surface area contributed by atoms with Gasteiger partial charge in [-0.15, -0.1) is 0 Å². The van der Waals surface area contributed by atoms with Crippen LogP contribution < -0.4 is 5.32 Å². The lowest BCUT2D eigenvalue weighted by Crippen LogP contribution is -2.11. The van der Waals surface area contributed by atoms with Gasteiger partial charge < -0.3 is 14.4 Å². The SMILES string of the molecule is CCNCc1cn(Cc2ncon2)c2ccccc12. The van der Waals surface area contributed by atoms with Crippen LogP contribution in [0.15, 0.2) is 41.4 Å². The van der Waals surface area contributed by atoms with Crippen molar-refractivity contribution in [3.05, 3.63) is 48.2 Å². The molecule has 0 fully saturated rings. The van der Waals surface area contributed by atoms with Gasteiger partial charge in [-0.3, -0.25) is 0 Å². The van der Waals surface area contributed by atoms with Gasteiger partial charge in [0.1, 0.15) is 0 Å². The normalized spacial score (nSPS) is 11.2. The number of aromatic nitrogens is 3. The van der Waals surface area contributed by atoms with E-state index in [0.717, 1.165) is 13.1 Å². The van der Waals surface area contributed by atoms with Crippen LogP contribution >= 0.6 is 0 Å². The van der Waals surface area contributed by atoms with Gasteiger partial charge in [0.2, 0.25) is 6.39 Å². The van der Waals surface area contributed by atoms with E-state index in [4.69, 9.17) is 4.52 Å². The highest BCUT2D eigenvalue weighted by atomic mass is 16.5. The highest BCUT2D eigenvalue weighted by Gasteiger charge is 2.09. The van der Waals surface area contributed by atoms with Crippen molar-refractivity contribution in [1.82, 2.24) is 20.0 Å². The van der Waals surface area contributed by atoms with Crippen LogP contribution in [0.3, 0.4) is 0 Å². The molecule has 0 radical (unpaired) electrons. The molecule has 1 aromatic carbocycles. The van der Waals surface area contributed by atoms with Crippen LogP contribution in [0.5, 0.6) is 0 Å². The average molecular weight is 256 g/mol. The Morgan fingerprint density at radius 3 is 3.00 bits per heavy atom. The van der Waals surface area contributed by atoms with Crippen LogP contribution in [0.1, 0.15) is 18.3 Å². The van der Waals surface area contributed by atoms with Gasteiger partial charge in [0.25, 0.3) is 0 Å². The predicted molar refractivity (Wildman–Crippen MR) is 72.7 cm³/mol. The summed E-state index contributed by atoms with van der Waals surface area (Å²) < 4.78 is 6.94. The predicted octanol–water partition coefficient (Wildman–Crippen LogP) is 2.18. The molecule has 0 spiro atoms. The van der Waals surface area contributed by atoms with Gasteiger partial charge in [0, 0.05) is 23.6 Å². The number of nitrogens with zero attached hydrogens (tertiary/aromatic N) is 3. The van der Waals surface area contributed by atoms with Crippen molar-refractivity contribution in [2.24, 2.45) is 0 Å². The van der Waals surface area contributed by atoms with Crippen LogP contribution in [-0.4, -0.2) is 21.3 Å². The third kappa shape index (κ3) is 2.37. The van der Waals surface area contributed by atoms with Crippen molar-refractivity contribution in [2.75, 3.05) is 6.54 Å². The highest BCUT2D eigenvalue weighted by molar-refractivity contribution is 5.84. The van der Waals surface area contributed by atoms with Crippen molar-refractivity contribution in [2.45, 2.75) is 20.0 Å². The van der Waals surface area contributed by atoms with Crippen LogP contribution in [0, 0.1) is 0 Å². The summed E-state index contributed by atoms with van der Waals surface area (Å²) >= 11 is 0. The molecule has 98 valence electrons. The number of hydrogen-bond acceptors (Lipinski definition) is 4. The van der Waals surface area contributed by atoms with Crippen LogP contribution in [0.4, 0.5) is 0 Å². The third-order valence-corrected chi connectivity index (χ3v) is 3.16. The lowest BCUT2D eigenvalue weighted by atomic mass is 10.2. The standard InChI is InChI=1S/C14H16N4O/c1-2-15-7-11-8-18(9-14-16-10-19-17-14)13-6-4-3-5-12(11)13/h3-6,8,10,15H,2,7,9H2,1H3. The van der Waals surface area contributed by atoms with E-state index in [1.807, 2.05) is 6.07 Å². The van der Waals surface area contributed by atoms with Gasteiger partial charge >= 0.3 is 0 Å². The Labute approximate surface area is 111 Å². The summed E-state index contributed by atoms with van der Waals surface area (Å²) in [4.78, 5) is 4.08. The molecule has 0 saturated heterocycles. The van der Waals surface area contributed by atoms with Gasteiger partial charge in [-0.05, 0) is 18.2 Å². The number of nitrogens with one attached hydrogen (secondary N) is 1. The minimum atomic E-state index is 0.628. The van der Waals surface area contributed by atoms with Crippen molar-refractivity contribution in [1.29, 1.82) is 0 Å². The van der Waals surface area contributed by atoms with Crippen LogP contribution in [0.2, 0.25) is 0 Å². The molecule has 0 saturated carbocycles. The number of fused-ring (bicyclic) bond motifs is 1. The van der Waals surface area contributed by atoms with E-state index in [-0.39, 0.29) is 0 Å². The summed E-state index contributed by atoms with van der Waals surface area (Å²) in [5.41, 5.74) is 2.49. The van der Waals surface area contributed by atoms with Crippen molar-refractivity contribution >= 4 is 10.9 Å². The number of benzene rings is 1. The zero-order valence-corrected chi connectivity index (χ0v) is 10.8. The number of para-hydroxylation sites is 1. The molecule has 0 aliphatic rings. The Morgan fingerprint density at radius 2 is 2.21 bits per heavy atom. The smallest absolute Gasteiger partial charge is 0.213 e. The van der Waals surface area contributed by atoms with E-state index >= 15 is 0 Å². The minimum absolute atomic E-state index is 0.628. The van der Waals surface area contributed by atoms with Crippen LogP contribution in [-0.2, 0) is 13.1 Å². The lowest BCUT2D eigenvalue weighted by molar-refractivity contribution is 0.408. The fourth-order valence-corrected chi connectivity index (χ4v) is 2.27. The summed E-state index contributed by atoms with van der Waals surface area (Å²) in [7, 11) is 0. The Hall–Kier alpha value is -2.14. The molecule has 2 aromatic heterocycles. The minimum Gasteiger partial charge on any atom is -0.343 e. The van der Waals surface area contributed by atoms with Gasteiger partial charge in [-0.1, -0.05) is 30.3 Å². The molecule has 0 atom stereocenters.